The Kier molecular flexibility index (Phi) is 5.17. The van der Waals surface area contributed by atoms with E-state index >= 15 is 0 Å². The first-order valence-electron chi connectivity index (χ1n) is 6.51. The highest BCUT2D eigenvalue weighted by atomic mass is 32.2. The van der Waals surface area contributed by atoms with E-state index in [1.54, 1.807) is 6.92 Å². The summed E-state index contributed by atoms with van der Waals surface area (Å²) in [5, 5.41) is 9.77. The van der Waals surface area contributed by atoms with Gasteiger partial charge in [0.1, 0.15) is 5.69 Å². The number of pyridine rings is 1. The quantitative estimate of drug-likeness (QED) is 0.715. The van der Waals surface area contributed by atoms with Crippen LogP contribution < -0.4 is 14.2 Å². The number of aromatic nitrogens is 3. The Morgan fingerprint density at radius 2 is 1.67 bits per heavy atom. The zero-order chi connectivity index (χ0) is 17.9. The van der Waals surface area contributed by atoms with Crippen molar-refractivity contribution >= 4 is 10.1 Å². The summed E-state index contributed by atoms with van der Waals surface area (Å²) < 4.78 is 46.7. The molecule has 10 nitrogen and oxygen atoms in total. The normalized spacial score (nSPS) is 12.5. The summed E-state index contributed by atoms with van der Waals surface area (Å²) in [6.07, 6.45) is 0. The van der Waals surface area contributed by atoms with Gasteiger partial charge in [-0.25, -0.2) is 0 Å². The number of nitrogens with zero attached hydrogens (tertiary/aromatic N) is 3. The summed E-state index contributed by atoms with van der Waals surface area (Å²) in [5.41, 5.74) is -2.27. The zero-order valence-electron chi connectivity index (χ0n) is 13.0. The van der Waals surface area contributed by atoms with Crippen molar-refractivity contribution in [2.45, 2.75) is 12.4 Å². The second kappa shape index (κ2) is 6.95. The molecule has 2 N–H and O–H groups in total. The molecule has 1 unspecified atom stereocenters. The zero-order valence-corrected chi connectivity index (χ0v) is 13.8. The highest BCUT2D eigenvalue weighted by molar-refractivity contribution is 7.85. The van der Waals surface area contributed by atoms with Crippen molar-refractivity contribution in [2.24, 2.45) is 0 Å². The standard InChI is InChI=1S/C13H15N3O7S/c1-7-4-5-8(11(14-7)12(17)24(18,19)20)23-13-15-9(21-2)6-10(16-13)22-3/h4-6,12,17H,1-3H3,(H,18,19,20). The summed E-state index contributed by atoms with van der Waals surface area (Å²) in [6, 6.07) is 4.07. The fourth-order valence-corrected chi connectivity index (χ4v) is 2.16. The average Bonchev–Trinajstić information content (AvgIpc) is 2.54. The van der Waals surface area contributed by atoms with Gasteiger partial charge in [-0.1, -0.05) is 0 Å². The van der Waals surface area contributed by atoms with Gasteiger partial charge in [0.05, 0.1) is 20.3 Å². The Balaban J connectivity index is 2.47. The monoisotopic (exact) mass is 357 g/mol. The van der Waals surface area contributed by atoms with Gasteiger partial charge in [0, 0.05) is 5.69 Å². The van der Waals surface area contributed by atoms with E-state index in [2.05, 4.69) is 15.0 Å². The third-order valence-corrected chi connectivity index (χ3v) is 3.61. The Morgan fingerprint density at radius 3 is 2.17 bits per heavy atom. The minimum Gasteiger partial charge on any atom is -0.481 e. The number of aliphatic hydroxyl groups excluding tert-OH is 1. The third-order valence-electron chi connectivity index (χ3n) is 2.82. The van der Waals surface area contributed by atoms with Crippen molar-refractivity contribution in [1.29, 1.82) is 0 Å². The lowest BCUT2D eigenvalue weighted by molar-refractivity contribution is 0.228. The van der Waals surface area contributed by atoms with Crippen molar-refractivity contribution in [3.8, 4) is 23.5 Å². The smallest absolute Gasteiger partial charge is 0.328 e. The van der Waals surface area contributed by atoms with E-state index in [1.807, 2.05) is 0 Å². The molecule has 0 aliphatic rings. The van der Waals surface area contributed by atoms with E-state index < -0.39 is 21.2 Å². The molecule has 2 rings (SSSR count). The molecule has 130 valence electrons. The number of methoxy groups -OCH3 is 2. The SMILES string of the molecule is COc1cc(OC)nc(Oc2ccc(C)nc2C(O)S(=O)(=O)O)n1. The summed E-state index contributed by atoms with van der Waals surface area (Å²) in [7, 11) is -2.03. The molecule has 0 fully saturated rings. The summed E-state index contributed by atoms with van der Waals surface area (Å²) >= 11 is 0. The lowest BCUT2D eigenvalue weighted by atomic mass is 10.3. The molecule has 2 aromatic rings. The molecule has 0 saturated carbocycles. The first-order valence-corrected chi connectivity index (χ1v) is 8.01. The molecule has 0 bridgehead atoms. The van der Waals surface area contributed by atoms with Gasteiger partial charge >= 0.3 is 6.01 Å². The Bertz CT molecular complexity index is 819. The second-order valence-electron chi connectivity index (χ2n) is 4.54. The molecule has 2 aromatic heterocycles. The number of rotatable bonds is 6. The molecule has 0 radical (unpaired) electrons. The lowest BCUT2D eigenvalue weighted by Gasteiger charge is -2.13. The summed E-state index contributed by atoms with van der Waals surface area (Å²) in [4.78, 5) is 11.7. The average molecular weight is 357 g/mol. The highest BCUT2D eigenvalue weighted by Gasteiger charge is 2.28. The van der Waals surface area contributed by atoms with Crippen molar-refractivity contribution in [3.05, 3.63) is 29.6 Å². The second-order valence-corrected chi connectivity index (χ2v) is 6.02. The van der Waals surface area contributed by atoms with E-state index in [4.69, 9.17) is 18.8 Å². The summed E-state index contributed by atoms with van der Waals surface area (Å²) in [5.74, 6) is 0.142. The van der Waals surface area contributed by atoms with Crippen LogP contribution in [0.15, 0.2) is 18.2 Å². The fraction of sp³-hybridized carbons (Fsp3) is 0.308. The molecule has 0 saturated heterocycles. The maximum absolute atomic E-state index is 11.2. The van der Waals surface area contributed by atoms with Crippen LogP contribution in [0, 0.1) is 6.92 Å². The number of aryl methyl sites for hydroxylation is 1. The van der Waals surface area contributed by atoms with Crippen LogP contribution in [0.3, 0.4) is 0 Å². The van der Waals surface area contributed by atoms with Crippen LogP contribution in [0.25, 0.3) is 0 Å². The van der Waals surface area contributed by atoms with Gasteiger partial charge in [0.2, 0.25) is 17.2 Å². The van der Waals surface area contributed by atoms with Gasteiger partial charge in [-0.2, -0.15) is 18.4 Å². The van der Waals surface area contributed by atoms with E-state index in [-0.39, 0.29) is 23.5 Å². The molecule has 2 heterocycles. The van der Waals surface area contributed by atoms with Crippen LogP contribution in [-0.4, -0.2) is 47.2 Å². The van der Waals surface area contributed by atoms with Gasteiger partial charge in [0.25, 0.3) is 10.1 Å². The van der Waals surface area contributed by atoms with E-state index in [9.17, 15) is 13.5 Å². The van der Waals surface area contributed by atoms with E-state index in [0.29, 0.717) is 5.69 Å². The minimum absolute atomic E-state index is 0.147. The predicted octanol–water partition coefficient (Wildman–Crippen LogP) is 0.868. The Morgan fingerprint density at radius 1 is 1.08 bits per heavy atom. The molecular weight excluding hydrogens is 342 g/mol. The van der Waals surface area contributed by atoms with Gasteiger partial charge in [0.15, 0.2) is 5.75 Å². The first-order chi connectivity index (χ1) is 11.2. The minimum atomic E-state index is -4.79. The number of aliphatic hydroxyl groups is 1. The first kappa shape index (κ1) is 17.8. The number of ether oxygens (including phenoxy) is 3. The molecule has 1 atom stereocenters. The molecule has 0 amide bonds. The Hall–Kier alpha value is -2.50. The predicted molar refractivity (Wildman–Crippen MR) is 80.7 cm³/mol. The van der Waals surface area contributed by atoms with Crippen LogP contribution in [0.5, 0.6) is 23.5 Å². The Labute approximate surface area is 137 Å². The third kappa shape index (κ3) is 4.07. The molecule has 24 heavy (non-hydrogen) atoms. The topological polar surface area (TPSA) is 141 Å². The van der Waals surface area contributed by atoms with Gasteiger partial charge in [-0.15, -0.1) is 0 Å². The van der Waals surface area contributed by atoms with Crippen molar-refractivity contribution in [1.82, 2.24) is 15.0 Å². The molecule has 0 spiro atoms. The largest absolute Gasteiger partial charge is 0.481 e. The van der Waals surface area contributed by atoms with Gasteiger partial charge < -0.3 is 19.3 Å². The molecule has 0 aliphatic heterocycles. The molecule has 0 aliphatic carbocycles. The maximum atomic E-state index is 11.2. The van der Waals surface area contributed by atoms with Crippen LogP contribution in [-0.2, 0) is 10.1 Å². The van der Waals surface area contributed by atoms with E-state index in [0.717, 1.165) is 0 Å². The van der Waals surface area contributed by atoms with Crippen molar-refractivity contribution in [3.63, 3.8) is 0 Å². The van der Waals surface area contributed by atoms with Crippen LogP contribution in [0.1, 0.15) is 16.8 Å². The van der Waals surface area contributed by atoms with Gasteiger partial charge in [-0.3, -0.25) is 9.54 Å². The number of hydrogen-bond donors (Lipinski definition) is 2. The molecule has 11 heteroatoms. The lowest BCUT2D eigenvalue weighted by Crippen LogP contribution is -2.14. The fourth-order valence-electron chi connectivity index (χ4n) is 1.71. The van der Waals surface area contributed by atoms with Crippen molar-refractivity contribution < 1.29 is 32.3 Å². The highest BCUT2D eigenvalue weighted by Crippen LogP contribution is 2.31. The maximum Gasteiger partial charge on any atom is 0.328 e. The van der Waals surface area contributed by atoms with Crippen molar-refractivity contribution in [2.75, 3.05) is 14.2 Å². The summed E-state index contributed by atoms with van der Waals surface area (Å²) in [6.45, 7) is 1.58. The van der Waals surface area contributed by atoms with Crippen LogP contribution in [0.2, 0.25) is 0 Å². The number of hydrogen-bond acceptors (Lipinski definition) is 9. The molecule has 0 aromatic carbocycles. The molecular formula is C13H15N3O7S. The van der Waals surface area contributed by atoms with Gasteiger partial charge in [-0.05, 0) is 19.1 Å². The van der Waals surface area contributed by atoms with Crippen LogP contribution >= 0.6 is 0 Å². The van der Waals surface area contributed by atoms with Crippen LogP contribution in [0.4, 0.5) is 0 Å². The van der Waals surface area contributed by atoms with E-state index in [1.165, 1.54) is 32.4 Å².